The number of guanidine groups is 1. The van der Waals surface area contributed by atoms with E-state index in [-0.39, 0.29) is 24.0 Å². The van der Waals surface area contributed by atoms with Gasteiger partial charge >= 0.3 is 0 Å². The van der Waals surface area contributed by atoms with Crippen LogP contribution in [0.1, 0.15) is 65.2 Å². The highest BCUT2D eigenvalue weighted by Crippen LogP contribution is 2.20. The molecule has 2 aliphatic rings. The van der Waals surface area contributed by atoms with Crippen LogP contribution in [0.4, 0.5) is 0 Å². The van der Waals surface area contributed by atoms with E-state index in [1.54, 1.807) is 0 Å². The summed E-state index contributed by atoms with van der Waals surface area (Å²) in [5, 5.41) is 6.81. The molecule has 0 aromatic carbocycles. The van der Waals surface area contributed by atoms with Gasteiger partial charge < -0.3 is 15.4 Å². The van der Waals surface area contributed by atoms with Crippen LogP contribution in [0.3, 0.4) is 0 Å². The summed E-state index contributed by atoms with van der Waals surface area (Å²) in [6, 6.07) is 0.625. The maximum atomic E-state index is 5.99. The number of halogens is 1. The van der Waals surface area contributed by atoms with Crippen molar-refractivity contribution in [2.45, 2.75) is 77.4 Å². The third kappa shape index (κ3) is 8.91. The lowest BCUT2D eigenvalue weighted by molar-refractivity contribution is 0.0277. The zero-order valence-electron chi connectivity index (χ0n) is 16.3. The van der Waals surface area contributed by atoms with Crippen molar-refractivity contribution in [1.82, 2.24) is 15.5 Å². The Morgan fingerprint density at radius 2 is 1.88 bits per heavy atom. The van der Waals surface area contributed by atoms with E-state index in [9.17, 15) is 0 Å². The fourth-order valence-corrected chi connectivity index (χ4v) is 3.82. The highest BCUT2D eigenvalue weighted by molar-refractivity contribution is 14.0. The van der Waals surface area contributed by atoms with Gasteiger partial charge in [0.15, 0.2) is 5.96 Å². The molecule has 2 N–H and O–H groups in total. The summed E-state index contributed by atoms with van der Waals surface area (Å²) >= 11 is 0. The molecule has 2 fully saturated rings. The predicted molar refractivity (Wildman–Crippen MR) is 117 cm³/mol. The fraction of sp³-hybridized carbons (Fsp3) is 0.947. The standard InChI is InChI=1S/C19H38N4O.HI/c1-3-20-19(22-16-17-10-8-14-23(17)4-2)21-13-9-15-24-18-11-6-5-7-12-18;/h17-18H,3-16H2,1-2H3,(H2,20,21,22);1H. The molecule has 25 heavy (non-hydrogen) atoms. The summed E-state index contributed by atoms with van der Waals surface area (Å²) < 4.78 is 5.99. The number of hydrogen-bond acceptors (Lipinski definition) is 3. The first-order chi connectivity index (χ1) is 11.8. The van der Waals surface area contributed by atoms with Crippen LogP contribution < -0.4 is 10.6 Å². The van der Waals surface area contributed by atoms with E-state index in [0.29, 0.717) is 12.1 Å². The lowest BCUT2D eigenvalue weighted by atomic mass is 9.98. The van der Waals surface area contributed by atoms with Crippen molar-refractivity contribution in [3.8, 4) is 0 Å². The minimum atomic E-state index is 0. The number of hydrogen-bond donors (Lipinski definition) is 2. The number of likely N-dealkylation sites (tertiary alicyclic amines) is 1. The molecule has 1 unspecified atom stereocenters. The average Bonchev–Trinajstić information content (AvgIpc) is 3.07. The van der Waals surface area contributed by atoms with Crippen molar-refractivity contribution >= 4 is 29.9 Å². The summed E-state index contributed by atoms with van der Waals surface area (Å²) in [7, 11) is 0. The zero-order chi connectivity index (χ0) is 17.0. The quantitative estimate of drug-likeness (QED) is 0.237. The average molecular weight is 466 g/mol. The van der Waals surface area contributed by atoms with Crippen molar-refractivity contribution in [3.05, 3.63) is 0 Å². The number of rotatable bonds is 9. The summed E-state index contributed by atoms with van der Waals surface area (Å²) in [6.45, 7) is 10.4. The molecule has 6 heteroatoms. The third-order valence-electron chi connectivity index (χ3n) is 5.23. The summed E-state index contributed by atoms with van der Waals surface area (Å²) in [5.74, 6) is 0.957. The molecule has 0 spiro atoms. The van der Waals surface area contributed by atoms with Gasteiger partial charge in [0.05, 0.1) is 12.6 Å². The van der Waals surface area contributed by atoms with Gasteiger partial charge in [0.2, 0.25) is 0 Å². The molecule has 1 aliphatic carbocycles. The molecule has 1 atom stereocenters. The first-order valence-corrected chi connectivity index (χ1v) is 10.2. The Labute approximate surface area is 171 Å². The normalized spacial score (nSPS) is 22.6. The lowest BCUT2D eigenvalue weighted by Crippen LogP contribution is -2.40. The molecule has 0 bridgehead atoms. The molecule has 148 valence electrons. The molecule has 0 aromatic heterocycles. The molecule has 5 nitrogen and oxygen atoms in total. The van der Waals surface area contributed by atoms with E-state index in [4.69, 9.17) is 9.73 Å². The first-order valence-electron chi connectivity index (χ1n) is 10.2. The monoisotopic (exact) mass is 466 g/mol. The van der Waals surface area contributed by atoms with Crippen molar-refractivity contribution in [2.24, 2.45) is 4.99 Å². The van der Waals surface area contributed by atoms with Crippen molar-refractivity contribution < 1.29 is 4.74 Å². The van der Waals surface area contributed by atoms with Gasteiger partial charge in [-0.2, -0.15) is 0 Å². The van der Waals surface area contributed by atoms with E-state index in [1.807, 2.05) is 0 Å². The SMILES string of the molecule is CCNC(=NCC1CCCN1CC)NCCCOC1CCCCC1.I. The highest BCUT2D eigenvalue weighted by Gasteiger charge is 2.22. The largest absolute Gasteiger partial charge is 0.378 e. The zero-order valence-corrected chi connectivity index (χ0v) is 18.6. The first kappa shape index (κ1) is 23.0. The van der Waals surface area contributed by atoms with Crippen LogP contribution in [0.5, 0.6) is 0 Å². The Morgan fingerprint density at radius 1 is 1.08 bits per heavy atom. The molecular weight excluding hydrogens is 427 g/mol. The van der Waals surface area contributed by atoms with Gasteiger partial charge in [0.25, 0.3) is 0 Å². The molecular formula is C19H39IN4O. The lowest BCUT2D eigenvalue weighted by Gasteiger charge is -2.22. The van der Waals surface area contributed by atoms with Crippen LogP contribution in [0.25, 0.3) is 0 Å². The minimum absolute atomic E-state index is 0. The second-order valence-electron chi connectivity index (χ2n) is 7.06. The van der Waals surface area contributed by atoms with E-state index < -0.39 is 0 Å². The number of nitrogens with one attached hydrogen (secondary N) is 2. The summed E-state index contributed by atoms with van der Waals surface area (Å²) in [6.07, 6.45) is 10.8. The molecule has 1 aliphatic heterocycles. The van der Waals surface area contributed by atoms with Crippen LogP contribution in [-0.2, 0) is 4.74 Å². The number of aliphatic imine (C=N–C) groups is 1. The van der Waals surface area contributed by atoms with Gasteiger partial charge in [-0.1, -0.05) is 26.2 Å². The second kappa shape index (κ2) is 14.0. The Balaban J connectivity index is 0.00000312. The molecule has 1 saturated heterocycles. The molecule has 0 aromatic rings. The summed E-state index contributed by atoms with van der Waals surface area (Å²) in [4.78, 5) is 7.34. The van der Waals surface area contributed by atoms with Crippen LogP contribution in [0.15, 0.2) is 4.99 Å². The van der Waals surface area contributed by atoms with E-state index in [1.165, 1.54) is 51.5 Å². The van der Waals surface area contributed by atoms with E-state index in [0.717, 1.165) is 45.2 Å². The van der Waals surface area contributed by atoms with Gasteiger partial charge in [-0.3, -0.25) is 9.89 Å². The molecule has 1 heterocycles. The molecule has 0 amide bonds. The Kier molecular flexibility index (Phi) is 12.9. The predicted octanol–water partition coefficient (Wildman–Crippen LogP) is 3.38. The number of likely N-dealkylation sites (N-methyl/N-ethyl adjacent to an activating group) is 1. The Bertz CT molecular complexity index is 361. The van der Waals surface area contributed by atoms with E-state index >= 15 is 0 Å². The third-order valence-corrected chi connectivity index (χ3v) is 5.23. The topological polar surface area (TPSA) is 48.9 Å². The molecule has 1 saturated carbocycles. The maximum absolute atomic E-state index is 5.99. The number of nitrogens with zero attached hydrogens (tertiary/aromatic N) is 2. The van der Waals surface area contributed by atoms with Crippen molar-refractivity contribution in [1.29, 1.82) is 0 Å². The minimum Gasteiger partial charge on any atom is -0.378 e. The van der Waals surface area contributed by atoms with Gasteiger partial charge in [0, 0.05) is 25.7 Å². The van der Waals surface area contributed by atoms with Gasteiger partial charge in [-0.05, 0) is 52.1 Å². The Hall–Kier alpha value is -0.0800. The fourth-order valence-electron chi connectivity index (χ4n) is 3.82. The van der Waals surface area contributed by atoms with Gasteiger partial charge in [-0.15, -0.1) is 24.0 Å². The molecule has 2 rings (SSSR count). The van der Waals surface area contributed by atoms with E-state index in [2.05, 4.69) is 29.4 Å². The smallest absolute Gasteiger partial charge is 0.191 e. The highest BCUT2D eigenvalue weighted by atomic mass is 127. The van der Waals surface area contributed by atoms with Crippen LogP contribution in [0, 0.1) is 0 Å². The Morgan fingerprint density at radius 3 is 2.60 bits per heavy atom. The molecule has 0 radical (unpaired) electrons. The van der Waals surface area contributed by atoms with Crippen LogP contribution in [-0.4, -0.2) is 62.3 Å². The summed E-state index contributed by atoms with van der Waals surface area (Å²) in [5.41, 5.74) is 0. The number of ether oxygens (including phenoxy) is 1. The maximum Gasteiger partial charge on any atom is 0.191 e. The van der Waals surface area contributed by atoms with Gasteiger partial charge in [0.1, 0.15) is 0 Å². The van der Waals surface area contributed by atoms with Crippen LogP contribution >= 0.6 is 24.0 Å². The van der Waals surface area contributed by atoms with Crippen molar-refractivity contribution in [2.75, 3.05) is 39.3 Å². The van der Waals surface area contributed by atoms with Crippen LogP contribution in [0.2, 0.25) is 0 Å². The van der Waals surface area contributed by atoms with Crippen molar-refractivity contribution in [3.63, 3.8) is 0 Å². The van der Waals surface area contributed by atoms with Gasteiger partial charge in [-0.25, -0.2) is 0 Å². The second-order valence-corrected chi connectivity index (χ2v) is 7.06.